The van der Waals surface area contributed by atoms with E-state index in [1.54, 1.807) is 0 Å². The quantitative estimate of drug-likeness (QED) is 0.468. The lowest BCUT2D eigenvalue weighted by atomic mass is 10.0. The highest BCUT2D eigenvalue weighted by molar-refractivity contribution is 5.71. The smallest absolute Gasteiger partial charge is 0.303 e. The third-order valence-electron chi connectivity index (χ3n) is 4.05. The van der Waals surface area contributed by atoms with Gasteiger partial charge in [0.15, 0.2) is 35.7 Å². The van der Waals surface area contributed by atoms with E-state index in [1.807, 2.05) is 0 Å². The summed E-state index contributed by atoms with van der Waals surface area (Å²) in [5.74, 6) is -2.17. The van der Waals surface area contributed by atoms with Gasteiger partial charge in [0.1, 0.15) is 0 Å². The third kappa shape index (κ3) is 4.18. The van der Waals surface area contributed by atoms with Gasteiger partial charge in [0.2, 0.25) is 5.95 Å². The van der Waals surface area contributed by atoms with E-state index in [0.717, 1.165) is 13.8 Å². The lowest BCUT2D eigenvalue weighted by Crippen LogP contribution is -2.55. The van der Waals surface area contributed by atoms with Crippen LogP contribution in [0.3, 0.4) is 0 Å². The fourth-order valence-electron chi connectivity index (χ4n) is 3.09. The zero-order chi connectivity index (χ0) is 21.3. The molecule has 1 aliphatic rings. The fourth-order valence-corrected chi connectivity index (χ4v) is 3.09. The number of hydrogen-bond acceptors (Lipinski definition) is 11. The van der Waals surface area contributed by atoms with Crippen molar-refractivity contribution in [1.82, 2.24) is 19.5 Å². The summed E-state index contributed by atoms with van der Waals surface area (Å²) in [7, 11) is 0. The van der Waals surface area contributed by atoms with Crippen molar-refractivity contribution in [1.29, 1.82) is 0 Å². The van der Waals surface area contributed by atoms with Crippen LogP contribution in [0, 0.1) is 0 Å². The van der Waals surface area contributed by atoms with Gasteiger partial charge in [-0.15, -0.1) is 0 Å². The van der Waals surface area contributed by atoms with E-state index < -0.39 is 48.0 Å². The molecule has 2 aromatic heterocycles. The van der Waals surface area contributed by atoms with E-state index >= 15 is 0 Å². The lowest BCUT2D eigenvalue weighted by molar-refractivity contribution is -0.239. The van der Waals surface area contributed by atoms with Crippen molar-refractivity contribution in [3.05, 3.63) is 16.7 Å². The van der Waals surface area contributed by atoms with Gasteiger partial charge in [-0.2, -0.15) is 4.98 Å². The standard InChI is InChI=1S/C16H19N5O8/c1-6(22)27-9-4-26-15(12(29-8(3)24)11(9)28-7(2)23)21-5-18-10-13(21)19-16(17)20-14(10)25/h5,9,11-12,15H,4H2,1-3H3,(H3,17,19,20,25)/t9-,11+,12-,15-/m1/s1. The van der Waals surface area contributed by atoms with Crippen LogP contribution in [0.4, 0.5) is 5.95 Å². The van der Waals surface area contributed by atoms with Crippen molar-refractivity contribution in [2.75, 3.05) is 12.3 Å². The van der Waals surface area contributed by atoms with Gasteiger partial charge in [-0.05, 0) is 0 Å². The minimum absolute atomic E-state index is 0.0180. The van der Waals surface area contributed by atoms with Crippen molar-refractivity contribution in [2.24, 2.45) is 0 Å². The number of nitrogens with one attached hydrogen (secondary N) is 1. The van der Waals surface area contributed by atoms with Gasteiger partial charge in [-0.1, -0.05) is 0 Å². The second kappa shape index (κ2) is 7.87. The molecule has 1 aliphatic heterocycles. The highest BCUT2D eigenvalue weighted by atomic mass is 16.6. The molecule has 0 spiro atoms. The van der Waals surface area contributed by atoms with Crippen LogP contribution < -0.4 is 11.3 Å². The number of aromatic nitrogens is 4. The van der Waals surface area contributed by atoms with Crippen LogP contribution in [0.15, 0.2) is 11.1 Å². The molecule has 3 rings (SSSR count). The summed E-state index contributed by atoms with van der Waals surface area (Å²) >= 11 is 0. The predicted octanol–water partition coefficient (Wildman–Crippen LogP) is -0.974. The number of nitrogen functional groups attached to an aromatic ring is 1. The molecule has 2 aromatic rings. The molecule has 29 heavy (non-hydrogen) atoms. The number of ether oxygens (including phenoxy) is 4. The van der Waals surface area contributed by atoms with E-state index in [1.165, 1.54) is 17.8 Å². The SMILES string of the molecule is CC(=O)O[C@@H]1[C@@H](OC(C)=O)[C@H](OC(C)=O)CO[C@H]1n1cnc2c(=O)[nH]c(N)nc21. The lowest BCUT2D eigenvalue weighted by Gasteiger charge is -2.40. The summed E-state index contributed by atoms with van der Waals surface area (Å²) in [4.78, 5) is 57.2. The van der Waals surface area contributed by atoms with Crippen LogP contribution in [0.5, 0.6) is 0 Å². The molecule has 0 amide bonds. The Hall–Kier alpha value is -3.48. The highest BCUT2D eigenvalue weighted by Crippen LogP contribution is 2.32. The molecule has 0 aromatic carbocycles. The predicted molar refractivity (Wildman–Crippen MR) is 94.2 cm³/mol. The first-order chi connectivity index (χ1) is 13.7. The number of nitrogens with two attached hydrogens (primary N) is 1. The number of H-pyrrole nitrogens is 1. The van der Waals surface area contributed by atoms with Crippen molar-refractivity contribution in [3.8, 4) is 0 Å². The number of carbonyl (C=O) groups is 3. The minimum atomic E-state index is -1.23. The van der Waals surface area contributed by atoms with Crippen LogP contribution >= 0.6 is 0 Å². The highest BCUT2D eigenvalue weighted by Gasteiger charge is 2.48. The fraction of sp³-hybridized carbons (Fsp3) is 0.500. The number of fused-ring (bicyclic) bond motifs is 1. The summed E-state index contributed by atoms with van der Waals surface area (Å²) in [5.41, 5.74) is 5.09. The number of imidazole rings is 1. The molecule has 4 atom stereocenters. The normalized spacial score (nSPS) is 24.1. The summed E-state index contributed by atoms with van der Waals surface area (Å²) < 4.78 is 22.8. The van der Waals surface area contributed by atoms with Gasteiger partial charge >= 0.3 is 17.9 Å². The Morgan fingerprint density at radius 3 is 2.38 bits per heavy atom. The molecule has 156 valence electrons. The van der Waals surface area contributed by atoms with Gasteiger partial charge in [-0.3, -0.25) is 28.7 Å². The van der Waals surface area contributed by atoms with Gasteiger partial charge in [0, 0.05) is 20.8 Å². The van der Waals surface area contributed by atoms with Crippen molar-refractivity contribution >= 4 is 35.0 Å². The van der Waals surface area contributed by atoms with Crippen molar-refractivity contribution < 1.29 is 33.3 Å². The number of anilines is 1. The third-order valence-corrected chi connectivity index (χ3v) is 4.05. The molecule has 13 nitrogen and oxygen atoms in total. The minimum Gasteiger partial charge on any atom is -0.456 e. The Labute approximate surface area is 163 Å². The maximum Gasteiger partial charge on any atom is 0.303 e. The number of esters is 3. The number of carbonyl (C=O) groups excluding carboxylic acids is 3. The van der Waals surface area contributed by atoms with Crippen LogP contribution in [-0.2, 0) is 33.3 Å². The topological polar surface area (TPSA) is 178 Å². The molecule has 0 saturated carbocycles. The van der Waals surface area contributed by atoms with E-state index in [0.29, 0.717) is 0 Å². The monoisotopic (exact) mass is 409 g/mol. The molecule has 0 bridgehead atoms. The van der Waals surface area contributed by atoms with Crippen LogP contribution in [-0.4, -0.2) is 62.3 Å². The number of aromatic amines is 1. The Morgan fingerprint density at radius 2 is 1.76 bits per heavy atom. The van der Waals surface area contributed by atoms with Gasteiger partial charge in [0.05, 0.1) is 12.9 Å². The average Bonchev–Trinajstić information content (AvgIpc) is 3.00. The molecule has 1 saturated heterocycles. The maximum atomic E-state index is 12.0. The maximum absolute atomic E-state index is 12.0. The zero-order valence-corrected chi connectivity index (χ0v) is 15.8. The molecule has 13 heteroatoms. The molecule has 0 unspecified atom stereocenters. The Kier molecular flexibility index (Phi) is 5.50. The van der Waals surface area contributed by atoms with E-state index in [9.17, 15) is 19.2 Å². The Balaban J connectivity index is 2.07. The summed E-state index contributed by atoms with van der Waals surface area (Å²) in [6.07, 6.45) is -3.25. The Morgan fingerprint density at radius 1 is 1.14 bits per heavy atom. The molecule has 1 fully saturated rings. The largest absolute Gasteiger partial charge is 0.456 e. The number of rotatable bonds is 4. The van der Waals surface area contributed by atoms with Crippen LogP contribution in [0.2, 0.25) is 0 Å². The van der Waals surface area contributed by atoms with Gasteiger partial charge in [-0.25, -0.2) is 4.98 Å². The second-order valence-electron chi connectivity index (χ2n) is 6.30. The summed E-state index contributed by atoms with van der Waals surface area (Å²) in [5, 5.41) is 0. The Bertz CT molecular complexity index is 1010. The van der Waals surface area contributed by atoms with E-state index in [4.69, 9.17) is 24.7 Å². The molecule has 3 heterocycles. The first-order valence-corrected chi connectivity index (χ1v) is 8.53. The van der Waals surface area contributed by atoms with E-state index in [2.05, 4.69) is 15.0 Å². The number of nitrogens with zero attached hydrogens (tertiary/aromatic N) is 3. The van der Waals surface area contributed by atoms with Gasteiger partial charge in [0.25, 0.3) is 5.56 Å². The molecular weight excluding hydrogens is 390 g/mol. The van der Waals surface area contributed by atoms with Crippen molar-refractivity contribution in [2.45, 2.75) is 45.3 Å². The molecule has 0 aliphatic carbocycles. The first kappa shape index (κ1) is 20.3. The molecule has 3 N–H and O–H groups in total. The summed E-state index contributed by atoms with van der Waals surface area (Å²) in [6, 6.07) is 0. The van der Waals surface area contributed by atoms with Crippen LogP contribution in [0.25, 0.3) is 11.2 Å². The first-order valence-electron chi connectivity index (χ1n) is 8.53. The van der Waals surface area contributed by atoms with Crippen LogP contribution in [0.1, 0.15) is 27.0 Å². The molecular formula is C16H19N5O8. The van der Waals surface area contributed by atoms with Crippen molar-refractivity contribution in [3.63, 3.8) is 0 Å². The average molecular weight is 409 g/mol. The number of hydrogen-bond donors (Lipinski definition) is 2. The summed E-state index contributed by atoms with van der Waals surface area (Å²) in [6.45, 7) is 3.32. The van der Waals surface area contributed by atoms with E-state index in [-0.39, 0.29) is 23.7 Å². The molecule has 0 radical (unpaired) electrons. The van der Waals surface area contributed by atoms with Gasteiger partial charge < -0.3 is 24.7 Å². The second-order valence-corrected chi connectivity index (χ2v) is 6.30. The zero-order valence-electron chi connectivity index (χ0n) is 15.8.